The summed E-state index contributed by atoms with van der Waals surface area (Å²) in [6.07, 6.45) is 1.80. The molecule has 3 nitrogen and oxygen atoms in total. The number of hydrogen-bond acceptors (Lipinski definition) is 2. The molecule has 3 heteroatoms. The zero-order chi connectivity index (χ0) is 11.8. The smallest absolute Gasteiger partial charge is 0.0966 e. The monoisotopic (exact) mass is 230 g/mol. The van der Waals surface area contributed by atoms with Gasteiger partial charge in [0.15, 0.2) is 0 Å². The van der Waals surface area contributed by atoms with Crippen LogP contribution < -0.4 is 5.32 Å². The summed E-state index contributed by atoms with van der Waals surface area (Å²) in [5, 5.41) is 15.0. The molecule has 1 aliphatic heterocycles. The molecular formula is C14H18N2O. The maximum atomic E-state index is 10.5. The molecule has 0 amide bonds. The van der Waals surface area contributed by atoms with E-state index in [0.29, 0.717) is 0 Å². The highest BCUT2D eigenvalue weighted by Gasteiger charge is 2.27. The molecule has 2 heterocycles. The number of aromatic nitrogens is 1. The first-order valence-corrected chi connectivity index (χ1v) is 6.26. The van der Waals surface area contributed by atoms with E-state index in [1.54, 1.807) is 0 Å². The third-order valence-electron chi connectivity index (χ3n) is 3.72. The minimum Gasteiger partial charge on any atom is -0.387 e. The van der Waals surface area contributed by atoms with E-state index in [1.165, 1.54) is 0 Å². The zero-order valence-corrected chi connectivity index (χ0v) is 10.0. The van der Waals surface area contributed by atoms with Gasteiger partial charge in [0.1, 0.15) is 0 Å². The van der Waals surface area contributed by atoms with Crippen molar-refractivity contribution in [2.45, 2.75) is 31.9 Å². The molecule has 0 bridgehead atoms. The number of nitrogens with one attached hydrogen (secondary N) is 2. The number of aryl methyl sites for hydroxylation is 1. The van der Waals surface area contributed by atoms with Crippen LogP contribution in [0.15, 0.2) is 24.3 Å². The third-order valence-corrected chi connectivity index (χ3v) is 3.72. The van der Waals surface area contributed by atoms with Crippen molar-refractivity contribution >= 4 is 10.9 Å². The molecule has 0 radical (unpaired) electrons. The summed E-state index contributed by atoms with van der Waals surface area (Å²) in [6, 6.07) is 8.37. The zero-order valence-electron chi connectivity index (χ0n) is 10.0. The first kappa shape index (κ1) is 10.8. The van der Waals surface area contributed by atoms with Crippen LogP contribution in [0.4, 0.5) is 0 Å². The van der Waals surface area contributed by atoms with Crippen molar-refractivity contribution in [3.05, 3.63) is 35.5 Å². The van der Waals surface area contributed by atoms with Gasteiger partial charge in [-0.2, -0.15) is 0 Å². The molecule has 0 spiro atoms. The Balaban J connectivity index is 2.06. The molecule has 1 aromatic heterocycles. The van der Waals surface area contributed by atoms with E-state index in [2.05, 4.69) is 22.4 Å². The fourth-order valence-corrected chi connectivity index (χ4v) is 2.86. The van der Waals surface area contributed by atoms with Gasteiger partial charge in [-0.05, 0) is 32.4 Å². The fourth-order valence-electron chi connectivity index (χ4n) is 2.86. The molecule has 2 unspecified atom stereocenters. The van der Waals surface area contributed by atoms with Gasteiger partial charge in [0.25, 0.3) is 0 Å². The van der Waals surface area contributed by atoms with Crippen LogP contribution in [-0.4, -0.2) is 22.7 Å². The van der Waals surface area contributed by atoms with E-state index < -0.39 is 6.10 Å². The minimum absolute atomic E-state index is 0.202. The molecule has 1 aromatic carbocycles. The van der Waals surface area contributed by atoms with Gasteiger partial charge in [0.2, 0.25) is 0 Å². The maximum Gasteiger partial charge on any atom is 0.0966 e. The standard InChI is InChI=1S/C14H18N2O/c1-9-13(14(17)12-7-4-8-15-12)10-5-2-3-6-11(10)16-9/h2-3,5-6,12,14-17H,4,7-8H2,1H3. The summed E-state index contributed by atoms with van der Waals surface area (Å²) >= 11 is 0. The van der Waals surface area contributed by atoms with Crippen LogP contribution in [0.3, 0.4) is 0 Å². The fraction of sp³-hybridized carbons (Fsp3) is 0.429. The van der Waals surface area contributed by atoms with E-state index in [9.17, 15) is 5.11 Å². The van der Waals surface area contributed by atoms with Crippen LogP contribution in [0.2, 0.25) is 0 Å². The highest BCUT2D eigenvalue weighted by Crippen LogP contribution is 2.31. The van der Waals surface area contributed by atoms with E-state index in [4.69, 9.17) is 0 Å². The SMILES string of the molecule is Cc1[nH]c2ccccc2c1C(O)C1CCCN1. The van der Waals surface area contributed by atoms with E-state index >= 15 is 0 Å². The molecule has 2 atom stereocenters. The van der Waals surface area contributed by atoms with Crippen molar-refractivity contribution in [1.29, 1.82) is 0 Å². The lowest BCUT2D eigenvalue weighted by molar-refractivity contribution is 0.138. The summed E-state index contributed by atoms with van der Waals surface area (Å²) in [4.78, 5) is 3.34. The van der Waals surface area contributed by atoms with Gasteiger partial charge in [-0.25, -0.2) is 0 Å². The quantitative estimate of drug-likeness (QED) is 0.741. The van der Waals surface area contributed by atoms with E-state index in [-0.39, 0.29) is 6.04 Å². The number of aliphatic hydroxyl groups is 1. The normalized spacial score (nSPS) is 22.1. The number of H-pyrrole nitrogens is 1. The molecule has 3 rings (SSSR count). The summed E-state index contributed by atoms with van der Waals surface area (Å²) in [5.41, 5.74) is 3.24. The van der Waals surface area contributed by atoms with Crippen LogP contribution in [0.25, 0.3) is 10.9 Å². The Bertz CT molecular complexity index is 526. The van der Waals surface area contributed by atoms with Crippen LogP contribution in [0.5, 0.6) is 0 Å². The van der Waals surface area contributed by atoms with Crippen molar-refractivity contribution in [1.82, 2.24) is 10.3 Å². The topological polar surface area (TPSA) is 48.0 Å². The number of para-hydroxylation sites is 1. The predicted molar refractivity (Wildman–Crippen MR) is 69.0 cm³/mol. The lowest BCUT2D eigenvalue weighted by atomic mass is 9.98. The van der Waals surface area contributed by atoms with Crippen molar-refractivity contribution in [3.8, 4) is 0 Å². The van der Waals surface area contributed by atoms with Crippen molar-refractivity contribution in [2.24, 2.45) is 0 Å². The summed E-state index contributed by atoms with van der Waals surface area (Å²) < 4.78 is 0. The Morgan fingerprint density at radius 2 is 2.18 bits per heavy atom. The largest absolute Gasteiger partial charge is 0.387 e. The Morgan fingerprint density at radius 3 is 2.94 bits per heavy atom. The second kappa shape index (κ2) is 4.17. The third kappa shape index (κ3) is 1.75. The molecule has 17 heavy (non-hydrogen) atoms. The van der Waals surface area contributed by atoms with Gasteiger partial charge in [0, 0.05) is 28.2 Å². The van der Waals surface area contributed by atoms with Crippen molar-refractivity contribution in [2.75, 3.05) is 6.54 Å². The molecule has 1 fully saturated rings. The Kier molecular flexibility index (Phi) is 2.65. The van der Waals surface area contributed by atoms with Crippen LogP contribution in [-0.2, 0) is 0 Å². The van der Waals surface area contributed by atoms with Gasteiger partial charge in [-0.3, -0.25) is 0 Å². The second-order valence-corrected chi connectivity index (χ2v) is 4.86. The van der Waals surface area contributed by atoms with E-state index in [0.717, 1.165) is 41.5 Å². The van der Waals surface area contributed by atoms with Crippen LogP contribution in [0.1, 0.15) is 30.2 Å². The number of aliphatic hydroxyl groups excluding tert-OH is 1. The Morgan fingerprint density at radius 1 is 1.35 bits per heavy atom. The molecule has 1 saturated heterocycles. The molecule has 2 aromatic rings. The molecule has 3 N–H and O–H groups in total. The lowest BCUT2D eigenvalue weighted by Gasteiger charge is -2.18. The minimum atomic E-state index is -0.409. The summed E-state index contributed by atoms with van der Waals surface area (Å²) in [7, 11) is 0. The van der Waals surface area contributed by atoms with Gasteiger partial charge in [0.05, 0.1) is 6.10 Å². The molecule has 1 aliphatic rings. The average molecular weight is 230 g/mol. The summed E-state index contributed by atoms with van der Waals surface area (Å²) in [6.45, 7) is 3.05. The lowest BCUT2D eigenvalue weighted by Crippen LogP contribution is -2.28. The van der Waals surface area contributed by atoms with Crippen molar-refractivity contribution in [3.63, 3.8) is 0 Å². The molecule has 0 saturated carbocycles. The van der Waals surface area contributed by atoms with Gasteiger partial charge in [-0.1, -0.05) is 18.2 Å². The predicted octanol–water partition coefficient (Wildman–Crippen LogP) is 2.26. The average Bonchev–Trinajstić information content (AvgIpc) is 2.94. The van der Waals surface area contributed by atoms with Gasteiger partial charge < -0.3 is 15.4 Å². The Labute approximate surface area is 101 Å². The number of rotatable bonds is 2. The number of benzene rings is 1. The number of hydrogen-bond donors (Lipinski definition) is 3. The number of fused-ring (bicyclic) bond motifs is 1. The Hall–Kier alpha value is -1.32. The first-order valence-electron chi connectivity index (χ1n) is 6.26. The van der Waals surface area contributed by atoms with Gasteiger partial charge in [-0.15, -0.1) is 0 Å². The highest BCUT2D eigenvalue weighted by atomic mass is 16.3. The van der Waals surface area contributed by atoms with Crippen LogP contribution >= 0.6 is 0 Å². The number of aromatic amines is 1. The second-order valence-electron chi connectivity index (χ2n) is 4.86. The summed E-state index contributed by atoms with van der Waals surface area (Å²) in [5.74, 6) is 0. The van der Waals surface area contributed by atoms with E-state index in [1.807, 2.05) is 19.1 Å². The maximum absolute atomic E-state index is 10.5. The van der Waals surface area contributed by atoms with Crippen LogP contribution in [0, 0.1) is 6.92 Å². The van der Waals surface area contributed by atoms with Crippen molar-refractivity contribution < 1.29 is 5.11 Å². The highest BCUT2D eigenvalue weighted by molar-refractivity contribution is 5.85. The molecular weight excluding hydrogens is 212 g/mol. The molecule has 0 aliphatic carbocycles. The van der Waals surface area contributed by atoms with Gasteiger partial charge >= 0.3 is 0 Å². The molecule has 90 valence electrons. The first-order chi connectivity index (χ1) is 8.27.